The van der Waals surface area contributed by atoms with Crippen LogP contribution in [0.2, 0.25) is 0 Å². The molecule has 1 N–H and O–H groups in total. The van der Waals surface area contributed by atoms with Crippen molar-refractivity contribution in [3.8, 4) is 5.75 Å². The van der Waals surface area contributed by atoms with Gasteiger partial charge in [-0.25, -0.2) is 13.1 Å². The molecule has 156 valence electrons. The molecule has 1 atom stereocenters. The molecule has 4 bridgehead atoms. The lowest BCUT2D eigenvalue weighted by Crippen LogP contribution is -2.55. The second kappa shape index (κ2) is 6.95. The van der Waals surface area contributed by atoms with Gasteiger partial charge < -0.3 is 4.74 Å². The van der Waals surface area contributed by atoms with E-state index in [0.717, 1.165) is 17.8 Å². The van der Waals surface area contributed by atoms with Crippen LogP contribution in [0.15, 0.2) is 35.4 Å². The second-order valence-electron chi connectivity index (χ2n) is 9.52. The second-order valence-corrected chi connectivity index (χ2v) is 11.2. The molecule has 1 aromatic carbocycles. The van der Waals surface area contributed by atoms with Crippen LogP contribution in [-0.4, -0.2) is 26.1 Å². The van der Waals surface area contributed by atoms with Gasteiger partial charge in [0.25, 0.3) is 0 Å². The van der Waals surface area contributed by atoms with E-state index in [0.29, 0.717) is 28.2 Å². The Morgan fingerprint density at radius 3 is 2.41 bits per heavy atom. The van der Waals surface area contributed by atoms with Crippen LogP contribution >= 0.6 is 0 Å². The van der Waals surface area contributed by atoms with Crippen LogP contribution in [0.3, 0.4) is 0 Å². The maximum absolute atomic E-state index is 13.4. The van der Waals surface area contributed by atoms with Gasteiger partial charge in [0.2, 0.25) is 10.0 Å². The number of ether oxygens (including phenoxy) is 1. The number of hydrogen-bond acceptors (Lipinski definition) is 4. The molecule has 6 rings (SSSR count). The van der Waals surface area contributed by atoms with Crippen molar-refractivity contribution in [2.75, 3.05) is 6.61 Å². The van der Waals surface area contributed by atoms with Crippen LogP contribution in [0, 0.1) is 23.2 Å². The van der Waals surface area contributed by atoms with Gasteiger partial charge in [0.05, 0.1) is 11.5 Å². The highest BCUT2D eigenvalue weighted by molar-refractivity contribution is 7.89. The Morgan fingerprint density at radius 2 is 1.79 bits per heavy atom. The minimum absolute atomic E-state index is 0.0563. The van der Waals surface area contributed by atoms with Crippen LogP contribution in [0.1, 0.15) is 52.4 Å². The van der Waals surface area contributed by atoms with Crippen LogP contribution in [0.5, 0.6) is 5.75 Å². The van der Waals surface area contributed by atoms with Gasteiger partial charge >= 0.3 is 0 Å². The molecule has 0 saturated heterocycles. The quantitative estimate of drug-likeness (QED) is 0.755. The summed E-state index contributed by atoms with van der Waals surface area (Å²) in [5.74, 6) is 3.01. The third-order valence-corrected chi connectivity index (χ3v) is 9.22. The van der Waals surface area contributed by atoms with Crippen LogP contribution in [0.4, 0.5) is 0 Å². The average Bonchev–Trinajstić information content (AvgIpc) is 2.67. The Morgan fingerprint density at radius 1 is 1.14 bits per heavy atom. The summed E-state index contributed by atoms with van der Waals surface area (Å²) in [4.78, 5) is 4.68. The monoisotopic (exact) mass is 414 g/mol. The number of aromatic nitrogens is 1. The lowest BCUT2D eigenvalue weighted by atomic mass is 9.48. The van der Waals surface area contributed by atoms with E-state index in [9.17, 15) is 8.42 Å². The smallest absolute Gasteiger partial charge is 0.241 e. The van der Waals surface area contributed by atoms with Gasteiger partial charge in [-0.3, -0.25) is 4.98 Å². The molecule has 4 saturated carbocycles. The summed E-state index contributed by atoms with van der Waals surface area (Å²) in [7, 11) is -3.66. The predicted molar refractivity (Wildman–Crippen MR) is 113 cm³/mol. The number of fused-ring (bicyclic) bond motifs is 1. The van der Waals surface area contributed by atoms with E-state index in [4.69, 9.17) is 4.74 Å². The SMILES string of the molecule is CCOc1ccc(S(=O)(=O)NC(C)C23CC4CC(CC(C4)C2)C3)c2cccnc12. The fraction of sp³-hybridized carbons (Fsp3) is 0.609. The third kappa shape index (κ3) is 3.25. The summed E-state index contributed by atoms with van der Waals surface area (Å²) >= 11 is 0. The molecule has 1 unspecified atom stereocenters. The van der Waals surface area contributed by atoms with Gasteiger partial charge in [-0.2, -0.15) is 0 Å². The predicted octanol–water partition coefficient (Wildman–Crippen LogP) is 4.52. The van der Waals surface area contributed by atoms with Gasteiger partial charge in [0.15, 0.2) is 0 Å². The van der Waals surface area contributed by atoms with Gasteiger partial charge in [0, 0.05) is 17.6 Å². The van der Waals surface area contributed by atoms with Crippen molar-refractivity contribution in [2.24, 2.45) is 23.2 Å². The maximum atomic E-state index is 13.4. The Bertz CT molecular complexity index is 998. The summed E-state index contributed by atoms with van der Waals surface area (Å²) in [5.41, 5.74) is 0.723. The van der Waals surface area contributed by atoms with E-state index >= 15 is 0 Å². The molecule has 0 amide bonds. The van der Waals surface area contributed by atoms with Crippen LogP contribution in [0.25, 0.3) is 10.9 Å². The minimum Gasteiger partial charge on any atom is -0.492 e. The summed E-state index contributed by atoms with van der Waals surface area (Å²) in [6.07, 6.45) is 9.26. The highest BCUT2D eigenvalue weighted by Crippen LogP contribution is 2.61. The molecule has 0 radical (unpaired) electrons. The minimum atomic E-state index is -3.66. The molecule has 4 aliphatic carbocycles. The van der Waals surface area contributed by atoms with E-state index in [-0.39, 0.29) is 11.5 Å². The number of nitrogens with one attached hydrogen (secondary N) is 1. The lowest BCUT2D eigenvalue weighted by molar-refractivity contribution is -0.0666. The third-order valence-electron chi connectivity index (χ3n) is 7.62. The number of pyridine rings is 1. The van der Waals surface area contributed by atoms with E-state index in [2.05, 4.69) is 16.6 Å². The first-order chi connectivity index (χ1) is 13.9. The van der Waals surface area contributed by atoms with Gasteiger partial charge in [-0.1, -0.05) is 0 Å². The molecule has 0 aliphatic heterocycles. The topological polar surface area (TPSA) is 68.3 Å². The maximum Gasteiger partial charge on any atom is 0.241 e. The first kappa shape index (κ1) is 19.3. The lowest BCUT2D eigenvalue weighted by Gasteiger charge is -2.59. The standard InChI is InChI=1S/C23H30N2O3S/c1-3-28-20-6-7-21(19-5-4-8-24-22(19)20)29(26,27)25-15(2)23-12-16-9-17(13-23)11-18(10-16)14-23/h4-8,15-18,25H,3,9-14H2,1-2H3. The average molecular weight is 415 g/mol. The number of sulfonamides is 1. The summed E-state index contributed by atoms with van der Waals surface area (Å²) < 4.78 is 35.6. The number of nitrogens with zero attached hydrogens (tertiary/aromatic N) is 1. The van der Waals surface area contributed by atoms with Crippen LogP contribution < -0.4 is 9.46 Å². The summed E-state index contributed by atoms with van der Waals surface area (Å²) in [6, 6.07) is 6.92. The highest BCUT2D eigenvalue weighted by Gasteiger charge is 2.53. The molecule has 1 heterocycles. The molecule has 6 heteroatoms. The van der Waals surface area contributed by atoms with E-state index in [1.807, 2.05) is 13.0 Å². The van der Waals surface area contributed by atoms with E-state index in [1.165, 1.54) is 38.5 Å². The van der Waals surface area contributed by atoms with E-state index < -0.39 is 10.0 Å². The Hall–Kier alpha value is -1.66. The highest BCUT2D eigenvalue weighted by atomic mass is 32.2. The summed E-state index contributed by atoms with van der Waals surface area (Å²) in [5, 5.41) is 0.615. The van der Waals surface area contributed by atoms with Crippen molar-refractivity contribution in [2.45, 2.75) is 63.3 Å². The fourth-order valence-electron chi connectivity index (χ4n) is 6.76. The van der Waals surface area contributed by atoms with Crippen LogP contribution in [-0.2, 0) is 10.0 Å². The molecule has 1 aromatic heterocycles. The largest absolute Gasteiger partial charge is 0.492 e. The van der Waals surface area contributed by atoms with Gasteiger partial charge in [-0.15, -0.1) is 0 Å². The van der Waals surface area contributed by atoms with Crippen molar-refractivity contribution in [1.29, 1.82) is 0 Å². The van der Waals surface area contributed by atoms with E-state index in [1.54, 1.807) is 24.4 Å². The van der Waals surface area contributed by atoms with Gasteiger partial charge in [0.1, 0.15) is 11.3 Å². The molecule has 5 nitrogen and oxygen atoms in total. The Kier molecular flexibility index (Phi) is 4.63. The normalized spacial score (nSPS) is 31.9. The van der Waals surface area contributed by atoms with Crippen molar-refractivity contribution < 1.29 is 13.2 Å². The Labute approximate surface area is 173 Å². The fourth-order valence-corrected chi connectivity index (χ4v) is 8.30. The molecule has 4 aliphatic rings. The molecule has 4 fully saturated rings. The zero-order chi connectivity index (χ0) is 20.2. The number of hydrogen-bond donors (Lipinski definition) is 1. The van der Waals surface area contributed by atoms with Crippen molar-refractivity contribution >= 4 is 20.9 Å². The van der Waals surface area contributed by atoms with Crippen molar-refractivity contribution in [1.82, 2.24) is 9.71 Å². The zero-order valence-corrected chi connectivity index (χ0v) is 18.0. The van der Waals surface area contributed by atoms with Gasteiger partial charge in [-0.05, 0) is 99.8 Å². The van der Waals surface area contributed by atoms with Crippen molar-refractivity contribution in [3.05, 3.63) is 30.5 Å². The molecule has 29 heavy (non-hydrogen) atoms. The Balaban J connectivity index is 1.47. The molecule has 2 aromatic rings. The first-order valence-electron chi connectivity index (χ1n) is 10.9. The zero-order valence-electron chi connectivity index (χ0n) is 17.2. The van der Waals surface area contributed by atoms with Crippen molar-refractivity contribution in [3.63, 3.8) is 0 Å². The summed E-state index contributed by atoms with van der Waals surface area (Å²) in [6.45, 7) is 4.51. The number of rotatable bonds is 6. The number of benzene rings is 1. The molecular weight excluding hydrogens is 384 g/mol. The molecule has 0 spiro atoms. The molecular formula is C23H30N2O3S. The first-order valence-corrected chi connectivity index (χ1v) is 12.4.